The smallest absolute Gasteiger partial charge is 0.319 e. The average molecular weight is 309 g/mol. The minimum atomic E-state index is -0.237. The molecule has 3 rings (SSSR count). The normalized spacial score (nSPS) is 12.9. The number of amides is 3. The Bertz CT molecular complexity index is 728. The van der Waals surface area contributed by atoms with Crippen molar-refractivity contribution >= 4 is 23.3 Å². The molecule has 0 spiro atoms. The number of fused-ring (bicyclic) bond motifs is 1. The number of benzene rings is 2. The summed E-state index contributed by atoms with van der Waals surface area (Å²) in [5, 5.41) is 5.65. The lowest BCUT2D eigenvalue weighted by molar-refractivity contribution is -0.117. The summed E-state index contributed by atoms with van der Waals surface area (Å²) in [6.45, 7) is 0.571. The van der Waals surface area contributed by atoms with Crippen LogP contribution in [0.5, 0.6) is 0 Å². The number of likely N-dealkylation sites (N-methyl/N-ethyl adjacent to an activating group) is 1. The lowest BCUT2D eigenvalue weighted by atomic mass is 10.1. The highest BCUT2D eigenvalue weighted by molar-refractivity contribution is 6.01. The van der Waals surface area contributed by atoms with E-state index in [1.165, 1.54) is 5.56 Å². The summed E-state index contributed by atoms with van der Waals surface area (Å²) in [5.74, 6) is 0.0736. The zero-order valence-electron chi connectivity index (χ0n) is 13.0. The van der Waals surface area contributed by atoms with E-state index in [-0.39, 0.29) is 11.9 Å². The van der Waals surface area contributed by atoms with Crippen LogP contribution < -0.4 is 15.5 Å². The number of nitrogens with zero attached hydrogens (tertiary/aromatic N) is 1. The van der Waals surface area contributed by atoms with Gasteiger partial charge in [0.25, 0.3) is 0 Å². The topological polar surface area (TPSA) is 61.4 Å². The molecule has 0 aromatic heterocycles. The molecule has 5 heteroatoms. The van der Waals surface area contributed by atoms with Gasteiger partial charge < -0.3 is 15.5 Å². The zero-order valence-corrected chi connectivity index (χ0v) is 13.0. The van der Waals surface area contributed by atoms with Gasteiger partial charge >= 0.3 is 6.03 Å². The van der Waals surface area contributed by atoms with Crippen LogP contribution in [-0.2, 0) is 17.6 Å². The first kappa shape index (κ1) is 15.1. The second kappa shape index (κ2) is 6.52. The molecule has 0 radical (unpaired) electrons. The molecule has 0 atom stereocenters. The molecule has 3 amide bonds. The number of rotatable bonds is 4. The fourth-order valence-electron chi connectivity index (χ4n) is 2.69. The summed E-state index contributed by atoms with van der Waals surface area (Å²) in [6, 6.07) is 15.3. The van der Waals surface area contributed by atoms with Crippen LogP contribution in [-0.4, -0.2) is 25.5 Å². The number of carbonyl (C=O) groups is 2. The average Bonchev–Trinajstić information content (AvgIpc) is 2.82. The van der Waals surface area contributed by atoms with E-state index in [1.54, 1.807) is 11.9 Å². The largest absolute Gasteiger partial charge is 0.338 e. The van der Waals surface area contributed by atoms with Gasteiger partial charge in [-0.05, 0) is 35.7 Å². The minimum absolute atomic E-state index is 0.0736. The van der Waals surface area contributed by atoms with E-state index in [2.05, 4.69) is 10.6 Å². The minimum Gasteiger partial charge on any atom is -0.338 e. The van der Waals surface area contributed by atoms with Crippen LogP contribution in [0.2, 0.25) is 0 Å². The Morgan fingerprint density at radius 1 is 1.17 bits per heavy atom. The first-order valence-corrected chi connectivity index (χ1v) is 7.62. The number of nitrogens with one attached hydrogen (secondary N) is 2. The monoisotopic (exact) mass is 309 g/mol. The molecule has 0 aliphatic carbocycles. The van der Waals surface area contributed by atoms with Crippen LogP contribution in [0, 0.1) is 0 Å². The van der Waals surface area contributed by atoms with Crippen molar-refractivity contribution in [2.45, 2.75) is 12.8 Å². The molecule has 0 saturated heterocycles. The fraction of sp³-hybridized carbons (Fsp3) is 0.222. The van der Waals surface area contributed by atoms with Crippen molar-refractivity contribution in [2.75, 3.05) is 23.8 Å². The third-order valence-corrected chi connectivity index (χ3v) is 3.96. The predicted octanol–water partition coefficient (Wildman–Crippen LogP) is 2.57. The Hall–Kier alpha value is -2.82. The van der Waals surface area contributed by atoms with Gasteiger partial charge in [-0.25, -0.2) is 4.79 Å². The van der Waals surface area contributed by atoms with Gasteiger partial charge in [-0.1, -0.05) is 30.3 Å². The van der Waals surface area contributed by atoms with E-state index in [9.17, 15) is 9.59 Å². The molecule has 2 aromatic rings. The maximum Gasteiger partial charge on any atom is 0.319 e. The summed E-state index contributed by atoms with van der Waals surface area (Å²) in [7, 11) is 1.76. The summed E-state index contributed by atoms with van der Waals surface area (Å²) in [5.41, 5.74) is 3.74. The van der Waals surface area contributed by atoms with Crippen molar-refractivity contribution in [3.8, 4) is 0 Å². The number of urea groups is 1. The third kappa shape index (κ3) is 3.51. The summed E-state index contributed by atoms with van der Waals surface area (Å²) in [6.07, 6.45) is 1.18. The number of hydrogen-bond donors (Lipinski definition) is 2. The summed E-state index contributed by atoms with van der Waals surface area (Å²) < 4.78 is 0. The highest BCUT2D eigenvalue weighted by Crippen LogP contribution is 2.29. The number of carbonyl (C=O) groups excluding carboxylic acids is 2. The lowest BCUT2D eigenvalue weighted by Crippen LogP contribution is -2.30. The van der Waals surface area contributed by atoms with Gasteiger partial charge in [0.2, 0.25) is 5.91 Å². The highest BCUT2D eigenvalue weighted by atomic mass is 16.2. The molecular formula is C18H19N3O2. The van der Waals surface area contributed by atoms with Crippen molar-refractivity contribution in [1.29, 1.82) is 0 Å². The van der Waals surface area contributed by atoms with Gasteiger partial charge in [-0.2, -0.15) is 0 Å². The first-order valence-electron chi connectivity index (χ1n) is 7.62. The second-order valence-corrected chi connectivity index (χ2v) is 5.59. The molecule has 5 nitrogen and oxygen atoms in total. The molecule has 1 aliphatic heterocycles. The molecule has 23 heavy (non-hydrogen) atoms. The third-order valence-electron chi connectivity index (χ3n) is 3.96. The molecule has 2 N–H and O–H groups in total. The van der Waals surface area contributed by atoms with Crippen LogP contribution in [0.1, 0.15) is 11.1 Å². The van der Waals surface area contributed by atoms with Crippen molar-refractivity contribution in [3.63, 3.8) is 0 Å². The number of hydrogen-bond acceptors (Lipinski definition) is 2. The highest BCUT2D eigenvalue weighted by Gasteiger charge is 2.23. The Balaban J connectivity index is 1.53. The Morgan fingerprint density at radius 2 is 1.96 bits per heavy atom. The zero-order chi connectivity index (χ0) is 16.2. The van der Waals surface area contributed by atoms with E-state index in [0.29, 0.717) is 18.7 Å². The summed E-state index contributed by atoms with van der Waals surface area (Å²) in [4.78, 5) is 25.2. The first-order chi connectivity index (χ1) is 11.1. The molecule has 1 heterocycles. The summed E-state index contributed by atoms with van der Waals surface area (Å²) >= 11 is 0. The second-order valence-electron chi connectivity index (χ2n) is 5.59. The predicted molar refractivity (Wildman–Crippen MR) is 90.7 cm³/mol. The van der Waals surface area contributed by atoms with E-state index in [0.717, 1.165) is 17.7 Å². The van der Waals surface area contributed by atoms with Gasteiger partial charge in [0, 0.05) is 25.0 Å². The maximum atomic E-state index is 11.9. The Labute approximate surface area is 135 Å². The SMILES string of the molecule is CN1C(=O)Cc2cc(NC(=O)NCCc3ccccc3)ccc21. The van der Waals surface area contributed by atoms with E-state index >= 15 is 0 Å². The standard InChI is InChI=1S/C18H19N3O2/c1-21-16-8-7-15(11-14(16)12-17(21)22)20-18(23)19-10-9-13-5-3-2-4-6-13/h2-8,11H,9-10,12H2,1H3,(H2,19,20,23). The quantitative estimate of drug-likeness (QED) is 0.912. The van der Waals surface area contributed by atoms with Crippen molar-refractivity contribution in [3.05, 3.63) is 59.7 Å². The van der Waals surface area contributed by atoms with Gasteiger partial charge in [-0.3, -0.25) is 4.79 Å². The van der Waals surface area contributed by atoms with Crippen LogP contribution in [0.25, 0.3) is 0 Å². The maximum absolute atomic E-state index is 11.9. The van der Waals surface area contributed by atoms with Gasteiger partial charge in [-0.15, -0.1) is 0 Å². The van der Waals surface area contributed by atoms with Crippen LogP contribution in [0.3, 0.4) is 0 Å². The molecule has 0 bridgehead atoms. The van der Waals surface area contributed by atoms with E-state index in [4.69, 9.17) is 0 Å². The molecular weight excluding hydrogens is 290 g/mol. The van der Waals surface area contributed by atoms with Crippen molar-refractivity contribution in [1.82, 2.24) is 5.32 Å². The van der Waals surface area contributed by atoms with E-state index in [1.807, 2.05) is 48.5 Å². The lowest BCUT2D eigenvalue weighted by Gasteiger charge is -2.11. The number of anilines is 2. The molecule has 118 valence electrons. The van der Waals surface area contributed by atoms with Gasteiger partial charge in [0.15, 0.2) is 0 Å². The molecule has 0 fully saturated rings. The fourth-order valence-corrected chi connectivity index (χ4v) is 2.69. The molecule has 0 saturated carbocycles. The van der Waals surface area contributed by atoms with Gasteiger partial charge in [0.05, 0.1) is 6.42 Å². The van der Waals surface area contributed by atoms with Gasteiger partial charge in [0.1, 0.15) is 0 Å². The molecule has 2 aromatic carbocycles. The van der Waals surface area contributed by atoms with Crippen LogP contribution >= 0.6 is 0 Å². The van der Waals surface area contributed by atoms with Crippen LogP contribution in [0.4, 0.5) is 16.2 Å². The molecule has 1 aliphatic rings. The van der Waals surface area contributed by atoms with Crippen molar-refractivity contribution in [2.24, 2.45) is 0 Å². The Morgan fingerprint density at radius 3 is 2.74 bits per heavy atom. The van der Waals surface area contributed by atoms with Crippen LogP contribution in [0.15, 0.2) is 48.5 Å². The van der Waals surface area contributed by atoms with Crippen molar-refractivity contribution < 1.29 is 9.59 Å². The molecule has 0 unspecified atom stereocenters. The Kier molecular flexibility index (Phi) is 4.28. The van der Waals surface area contributed by atoms with E-state index < -0.39 is 0 Å².